The molecule has 0 fully saturated rings. The topological polar surface area (TPSA) is 32.3 Å². The minimum Gasteiger partial charge on any atom is -0.323 e. The summed E-state index contributed by atoms with van der Waals surface area (Å²) in [5, 5.41) is 6.98. The predicted molar refractivity (Wildman–Crippen MR) is 88.7 cm³/mol. The quantitative estimate of drug-likeness (QED) is 0.783. The maximum Gasteiger partial charge on any atom is 0.321 e. The molecule has 2 amide bonds. The number of benzene rings is 1. The molecule has 19 heavy (non-hydrogen) atoms. The Balaban J connectivity index is 1.98. The van der Waals surface area contributed by atoms with Gasteiger partial charge in [-0.25, -0.2) is 4.79 Å². The molecule has 0 aliphatic heterocycles. The fourth-order valence-corrected chi connectivity index (χ4v) is 2.79. The second kappa shape index (κ2) is 6.38. The van der Waals surface area contributed by atoms with Crippen LogP contribution in [0.2, 0.25) is 0 Å². The molecule has 0 radical (unpaired) electrons. The Hall–Kier alpha value is -1.08. The molecule has 0 aliphatic carbocycles. The lowest BCUT2D eigenvalue weighted by molar-refractivity contribution is 0.221. The standard InChI is InChI=1S/C14H15IN2OS/c1-10-3-4-12(7-13(10)15)16-14(18)17(2)8-11-5-6-19-9-11/h3-7,9H,8H2,1-2H3,(H,16,18). The second-order valence-electron chi connectivity index (χ2n) is 4.38. The molecule has 1 aromatic heterocycles. The molecule has 0 bridgehead atoms. The van der Waals surface area contributed by atoms with E-state index in [-0.39, 0.29) is 6.03 Å². The van der Waals surface area contributed by atoms with Crippen LogP contribution in [-0.2, 0) is 6.54 Å². The van der Waals surface area contributed by atoms with Crippen LogP contribution >= 0.6 is 33.9 Å². The number of rotatable bonds is 3. The average Bonchev–Trinajstić information content (AvgIpc) is 2.86. The van der Waals surface area contributed by atoms with Gasteiger partial charge in [0, 0.05) is 22.8 Å². The summed E-state index contributed by atoms with van der Waals surface area (Å²) >= 11 is 3.91. The van der Waals surface area contributed by atoms with E-state index < -0.39 is 0 Å². The van der Waals surface area contributed by atoms with Crippen LogP contribution in [0.15, 0.2) is 35.0 Å². The molecule has 2 aromatic rings. The number of urea groups is 1. The molecule has 5 heteroatoms. The first-order valence-electron chi connectivity index (χ1n) is 5.85. The van der Waals surface area contributed by atoms with Crippen LogP contribution < -0.4 is 5.32 Å². The van der Waals surface area contributed by atoms with Crippen molar-refractivity contribution in [1.82, 2.24) is 4.90 Å². The Bertz CT molecular complexity index is 569. The molecular formula is C14H15IN2OS. The summed E-state index contributed by atoms with van der Waals surface area (Å²) in [5.41, 5.74) is 3.20. The highest BCUT2D eigenvalue weighted by atomic mass is 127. The molecule has 1 aromatic carbocycles. The van der Waals surface area contributed by atoms with Gasteiger partial charge < -0.3 is 10.2 Å². The Kier molecular flexibility index (Phi) is 4.81. The first kappa shape index (κ1) is 14.3. The van der Waals surface area contributed by atoms with E-state index >= 15 is 0 Å². The molecule has 0 spiro atoms. The van der Waals surface area contributed by atoms with Crippen LogP contribution in [0.5, 0.6) is 0 Å². The van der Waals surface area contributed by atoms with Crippen LogP contribution in [0.3, 0.4) is 0 Å². The van der Waals surface area contributed by atoms with Gasteiger partial charge in [0.05, 0.1) is 0 Å². The molecule has 0 atom stereocenters. The predicted octanol–water partition coefficient (Wildman–Crippen LogP) is 4.33. The van der Waals surface area contributed by atoms with E-state index in [9.17, 15) is 4.79 Å². The van der Waals surface area contributed by atoms with E-state index in [1.54, 1.807) is 23.3 Å². The number of anilines is 1. The number of hydrogen-bond donors (Lipinski definition) is 1. The number of amides is 2. The first-order valence-corrected chi connectivity index (χ1v) is 7.88. The average molecular weight is 386 g/mol. The van der Waals surface area contributed by atoms with Crippen molar-refractivity contribution < 1.29 is 4.79 Å². The number of thiophene rings is 1. The van der Waals surface area contributed by atoms with Crippen LogP contribution in [0.4, 0.5) is 10.5 Å². The molecule has 3 nitrogen and oxygen atoms in total. The van der Waals surface area contributed by atoms with Gasteiger partial charge in [-0.05, 0) is 69.6 Å². The van der Waals surface area contributed by atoms with Gasteiger partial charge in [-0.2, -0.15) is 11.3 Å². The molecule has 0 aliphatic rings. The van der Waals surface area contributed by atoms with Gasteiger partial charge in [0.2, 0.25) is 0 Å². The van der Waals surface area contributed by atoms with E-state index in [4.69, 9.17) is 0 Å². The Morgan fingerprint density at radius 3 is 2.84 bits per heavy atom. The second-order valence-corrected chi connectivity index (χ2v) is 6.32. The van der Waals surface area contributed by atoms with Gasteiger partial charge in [0.15, 0.2) is 0 Å². The highest BCUT2D eigenvalue weighted by Crippen LogP contribution is 2.17. The van der Waals surface area contributed by atoms with E-state index in [0.717, 1.165) is 14.8 Å². The van der Waals surface area contributed by atoms with Gasteiger partial charge in [-0.3, -0.25) is 0 Å². The van der Waals surface area contributed by atoms with Crippen molar-refractivity contribution in [2.24, 2.45) is 0 Å². The Morgan fingerprint density at radius 2 is 2.21 bits per heavy atom. The SMILES string of the molecule is Cc1ccc(NC(=O)N(C)Cc2ccsc2)cc1I. The third kappa shape index (κ3) is 3.94. The lowest BCUT2D eigenvalue weighted by atomic mass is 10.2. The number of halogens is 1. The molecule has 100 valence electrons. The number of carbonyl (C=O) groups excluding carboxylic acids is 1. The van der Waals surface area contributed by atoms with Crippen LogP contribution in [-0.4, -0.2) is 18.0 Å². The van der Waals surface area contributed by atoms with Crippen molar-refractivity contribution in [3.63, 3.8) is 0 Å². The Labute approximate surface area is 130 Å². The number of carbonyl (C=O) groups is 1. The third-order valence-corrected chi connectivity index (χ3v) is 4.66. The van der Waals surface area contributed by atoms with E-state index in [1.165, 1.54) is 5.56 Å². The number of nitrogens with zero attached hydrogens (tertiary/aromatic N) is 1. The van der Waals surface area contributed by atoms with E-state index in [1.807, 2.05) is 29.6 Å². The van der Waals surface area contributed by atoms with Crippen molar-refractivity contribution >= 4 is 45.6 Å². The fourth-order valence-electron chi connectivity index (χ4n) is 1.62. The minimum atomic E-state index is -0.0918. The highest BCUT2D eigenvalue weighted by Gasteiger charge is 2.10. The molecule has 1 N–H and O–H groups in total. The number of nitrogens with one attached hydrogen (secondary N) is 1. The zero-order chi connectivity index (χ0) is 13.8. The summed E-state index contributed by atoms with van der Waals surface area (Å²) in [4.78, 5) is 13.7. The lowest BCUT2D eigenvalue weighted by Gasteiger charge is -2.17. The Morgan fingerprint density at radius 1 is 1.42 bits per heavy atom. The van der Waals surface area contributed by atoms with Gasteiger partial charge in [-0.1, -0.05) is 6.07 Å². The monoisotopic (exact) mass is 386 g/mol. The summed E-state index contributed by atoms with van der Waals surface area (Å²) in [6, 6.07) is 7.85. The number of hydrogen-bond acceptors (Lipinski definition) is 2. The molecule has 0 unspecified atom stereocenters. The van der Waals surface area contributed by atoms with Gasteiger partial charge in [0.25, 0.3) is 0 Å². The van der Waals surface area contributed by atoms with E-state index in [2.05, 4.69) is 40.2 Å². The van der Waals surface area contributed by atoms with Crippen LogP contribution in [0, 0.1) is 10.5 Å². The summed E-state index contributed by atoms with van der Waals surface area (Å²) < 4.78 is 1.15. The van der Waals surface area contributed by atoms with Crippen molar-refractivity contribution in [2.75, 3.05) is 12.4 Å². The smallest absolute Gasteiger partial charge is 0.321 e. The van der Waals surface area contributed by atoms with Crippen molar-refractivity contribution in [3.8, 4) is 0 Å². The van der Waals surface area contributed by atoms with Gasteiger partial charge >= 0.3 is 6.03 Å². The summed E-state index contributed by atoms with van der Waals surface area (Å²) in [6.45, 7) is 2.67. The van der Waals surface area contributed by atoms with Crippen molar-refractivity contribution in [3.05, 3.63) is 49.7 Å². The minimum absolute atomic E-state index is 0.0918. The van der Waals surface area contributed by atoms with Crippen molar-refractivity contribution in [1.29, 1.82) is 0 Å². The fraction of sp³-hybridized carbons (Fsp3) is 0.214. The largest absolute Gasteiger partial charge is 0.323 e. The molecule has 0 saturated heterocycles. The van der Waals surface area contributed by atoms with Gasteiger partial charge in [-0.15, -0.1) is 0 Å². The molecular weight excluding hydrogens is 371 g/mol. The summed E-state index contributed by atoms with van der Waals surface area (Å²) in [6.07, 6.45) is 0. The molecule has 1 heterocycles. The third-order valence-electron chi connectivity index (χ3n) is 2.77. The molecule has 0 saturated carbocycles. The maximum absolute atomic E-state index is 12.1. The van der Waals surface area contributed by atoms with Crippen LogP contribution in [0.1, 0.15) is 11.1 Å². The summed E-state index contributed by atoms with van der Waals surface area (Å²) in [7, 11) is 1.80. The van der Waals surface area contributed by atoms with Crippen molar-refractivity contribution in [2.45, 2.75) is 13.5 Å². The zero-order valence-electron chi connectivity index (χ0n) is 10.8. The first-order chi connectivity index (χ1) is 9.06. The molecule has 2 rings (SSSR count). The normalized spacial score (nSPS) is 10.3. The van der Waals surface area contributed by atoms with E-state index in [0.29, 0.717) is 6.54 Å². The zero-order valence-corrected chi connectivity index (χ0v) is 13.8. The lowest BCUT2D eigenvalue weighted by Crippen LogP contribution is -2.30. The maximum atomic E-state index is 12.1. The summed E-state index contributed by atoms with van der Waals surface area (Å²) in [5.74, 6) is 0. The highest BCUT2D eigenvalue weighted by molar-refractivity contribution is 14.1. The van der Waals surface area contributed by atoms with Gasteiger partial charge in [0.1, 0.15) is 0 Å². The van der Waals surface area contributed by atoms with Crippen LogP contribution in [0.25, 0.3) is 0 Å². The number of aryl methyl sites for hydroxylation is 1.